The van der Waals surface area contributed by atoms with Crippen molar-refractivity contribution in [2.24, 2.45) is 5.92 Å². The molecule has 2 N–H and O–H groups in total. The Kier molecular flexibility index (Phi) is 7.35. The van der Waals surface area contributed by atoms with Crippen LogP contribution >= 0.6 is 0 Å². The lowest BCUT2D eigenvalue weighted by molar-refractivity contribution is -0.0866. The van der Waals surface area contributed by atoms with Crippen LogP contribution in [0.3, 0.4) is 0 Å². The summed E-state index contributed by atoms with van der Waals surface area (Å²) in [6.45, 7) is 4.23. The normalized spacial score (nSPS) is 22.2. The molecule has 0 amide bonds. The summed E-state index contributed by atoms with van der Waals surface area (Å²) in [6, 6.07) is 10.9. The number of aliphatic hydroxyl groups excluding tert-OH is 1. The highest BCUT2D eigenvalue weighted by atomic mass is 19.3. The van der Waals surface area contributed by atoms with Gasteiger partial charge in [0.2, 0.25) is 0 Å². The number of benzene rings is 2. The number of aromatic amines is 1. The van der Waals surface area contributed by atoms with Gasteiger partial charge in [0, 0.05) is 47.2 Å². The van der Waals surface area contributed by atoms with Crippen molar-refractivity contribution in [3.63, 3.8) is 0 Å². The SMILES string of the molecule is CCCCN1CC([C@@H](F)c2ccc([C@@H]3c4[nH]c5ccccc5c4C[C@@H](C)N3CC(F)(F)CO)c(F)c2)C1. The van der Waals surface area contributed by atoms with Gasteiger partial charge in [-0.25, -0.2) is 17.6 Å². The molecule has 0 radical (unpaired) electrons. The second kappa shape index (κ2) is 10.4. The largest absolute Gasteiger partial charge is 0.390 e. The quantitative estimate of drug-likeness (QED) is 0.342. The molecule has 1 fully saturated rings. The van der Waals surface area contributed by atoms with E-state index in [1.165, 1.54) is 6.07 Å². The maximum Gasteiger partial charge on any atom is 0.283 e. The summed E-state index contributed by atoms with van der Waals surface area (Å²) < 4.78 is 59.9. The van der Waals surface area contributed by atoms with Crippen LogP contribution in [0, 0.1) is 11.7 Å². The molecule has 2 aliphatic rings. The third-order valence-electron chi connectivity index (χ3n) is 8.03. The minimum Gasteiger partial charge on any atom is -0.390 e. The second-order valence-electron chi connectivity index (χ2n) is 10.8. The minimum absolute atomic E-state index is 0.170. The topological polar surface area (TPSA) is 42.5 Å². The van der Waals surface area contributed by atoms with Crippen molar-refractivity contribution in [2.75, 3.05) is 32.8 Å². The first-order chi connectivity index (χ1) is 17.7. The lowest BCUT2D eigenvalue weighted by Crippen LogP contribution is -2.49. The highest BCUT2D eigenvalue weighted by molar-refractivity contribution is 5.85. The molecule has 1 saturated heterocycles. The highest BCUT2D eigenvalue weighted by Crippen LogP contribution is 2.43. The number of alkyl halides is 3. The molecule has 200 valence electrons. The minimum atomic E-state index is -3.34. The van der Waals surface area contributed by atoms with E-state index in [9.17, 15) is 13.9 Å². The van der Waals surface area contributed by atoms with Crippen LogP contribution in [0.2, 0.25) is 0 Å². The predicted octanol–water partition coefficient (Wildman–Crippen LogP) is 6.01. The van der Waals surface area contributed by atoms with E-state index in [0.717, 1.165) is 35.9 Å². The van der Waals surface area contributed by atoms with Crippen LogP contribution in [0.1, 0.15) is 61.3 Å². The van der Waals surface area contributed by atoms with Gasteiger partial charge in [0.15, 0.2) is 0 Å². The van der Waals surface area contributed by atoms with Crippen molar-refractivity contribution in [3.05, 3.63) is 70.7 Å². The number of nitrogens with zero attached hydrogens (tertiary/aromatic N) is 2. The number of fused-ring (bicyclic) bond motifs is 3. The number of H-pyrrole nitrogens is 1. The van der Waals surface area contributed by atoms with Gasteiger partial charge in [-0.2, -0.15) is 0 Å². The number of para-hydroxylation sites is 1. The van der Waals surface area contributed by atoms with Crippen LogP contribution in [-0.4, -0.2) is 64.6 Å². The molecule has 8 heteroatoms. The molecular weight excluding hydrogens is 482 g/mol. The molecule has 0 spiro atoms. The second-order valence-corrected chi connectivity index (χ2v) is 10.8. The van der Waals surface area contributed by atoms with Gasteiger partial charge in [0.25, 0.3) is 5.92 Å². The van der Waals surface area contributed by atoms with Crippen LogP contribution < -0.4 is 0 Å². The smallest absolute Gasteiger partial charge is 0.283 e. The summed E-state index contributed by atoms with van der Waals surface area (Å²) in [4.78, 5) is 7.11. The Hall–Kier alpha value is -2.42. The van der Waals surface area contributed by atoms with Crippen LogP contribution in [0.15, 0.2) is 42.5 Å². The third-order valence-corrected chi connectivity index (χ3v) is 8.03. The van der Waals surface area contributed by atoms with Gasteiger partial charge < -0.3 is 15.0 Å². The molecular formula is C29H35F4N3O. The Balaban J connectivity index is 1.48. The molecule has 0 aliphatic carbocycles. The lowest BCUT2D eigenvalue weighted by Gasteiger charge is -2.42. The molecule has 2 aromatic carbocycles. The summed E-state index contributed by atoms with van der Waals surface area (Å²) in [7, 11) is 0. The molecule has 4 nitrogen and oxygen atoms in total. The first-order valence-electron chi connectivity index (χ1n) is 13.2. The molecule has 1 aromatic heterocycles. The third kappa shape index (κ3) is 5.03. The average Bonchev–Trinajstić information content (AvgIpc) is 3.21. The summed E-state index contributed by atoms with van der Waals surface area (Å²) in [5.74, 6) is -4.12. The van der Waals surface area contributed by atoms with Crippen molar-refractivity contribution in [1.82, 2.24) is 14.8 Å². The molecule has 5 rings (SSSR count). The van der Waals surface area contributed by atoms with Crippen molar-refractivity contribution in [3.8, 4) is 0 Å². The standard InChI is InChI=1S/C29H35F4N3O/c1-3-4-11-35-14-20(15-35)26(31)19-9-10-22(24(30)13-19)28-27-23(21-7-5-6-8-25(21)34-27)12-18(2)36(28)16-29(32,33)17-37/h5-10,13,18,20,26,28,34,37H,3-4,11-12,14-17H2,1-2H3/t18-,26+,28-/m1/s1. The lowest BCUT2D eigenvalue weighted by atomic mass is 9.86. The van der Waals surface area contributed by atoms with Crippen molar-refractivity contribution >= 4 is 10.9 Å². The van der Waals surface area contributed by atoms with Gasteiger partial charge in [-0.15, -0.1) is 0 Å². The number of rotatable bonds is 9. The first-order valence-corrected chi connectivity index (χ1v) is 13.2. The Morgan fingerprint density at radius 1 is 1.16 bits per heavy atom. The first kappa shape index (κ1) is 26.2. The fourth-order valence-electron chi connectivity index (χ4n) is 5.97. The summed E-state index contributed by atoms with van der Waals surface area (Å²) in [6.07, 6.45) is 1.41. The van der Waals surface area contributed by atoms with E-state index in [1.807, 2.05) is 31.2 Å². The maximum absolute atomic E-state index is 15.7. The Bertz CT molecular complexity index is 1240. The zero-order valence-corrected chi connectivity index (χ0v) is 21.4. The van der Waals surface area contributed by atoms with Crippen molar-refractivity contribution in [1.29, 1.82) is 0 Å². The number of aliphatic hydroxyl groups is 1. The van der Waals surface area contributed by atoms with Gasteiger partial charge in [0.1, 0.15) is 18.6 Å². The van der Waals surface area contributed by atoms with E-state index in [1.54, 1.807) is 17.0 Å². The number of hydrogen-bond donors (Lipinski definition) is 2. The van der Waals surface area contributed by atoms with E-state index in [-0.39, 0.29) is 23.1 Å². The number of unbranched alkanes of at least 4 members (excludes halogenated alkanes) is 1. The Labute approximate surface area is 215 Å². The zero-order chi connectivity index (χ0) is 26.3. The van der Waals surface area contributed by atoms with Crippen LogP contribution in [-0.2, 0) is 6.42 Å². The molecule has 0 bridgehead atoms. The Morgan fingerprint density at radius 3 is 2.62 bits per heavy atom. The highest BCUT2D eigenvalue weighted by Gasteiger charge is 2.43. The fraction of sp³-hybridized carbons (Fsp3) is 0.517. The van der Waals surface area contributed by atoms with E-state index in [4.69, 9.17) is 0 Å². The number of nitrogens with one attached hydrogen (secondary N) is 1. The number of aromatic nitrogens is 1. The summed E-state index contributed by atoms with van der Waals surface area (Å²) in [5, 5.41) is 10.3. The van der Waals surface area contributed by atoms with Gasteiger partial charge in [0.05, 0.1) is 12.6 Å². The average molecular weight is 518 g/mol. The fourth-order valence-corrected chi connectivity index (χ4v) is 5.97. The monoisotopic (exact) mass is 517 g/mol. The van der Waals surface area contributed by atoms with E-state index in [0.29, 0.717) is 25.2 Å². The van der Waals surface area contributed by atoms with Gasteiger partial charge >= 0.3 is 0 Å². The molecule has 3 aromatic rings. The number of hydrogen-bond acceptors (Lipinski definition) is 3. The Morgan fingerprint density at radius 2 is 1.92 bits per heavy atom. The number of likely N-dealkylation sites (tertiary alicyclic amines) is 1. The van der Waals surface area contributed by atoms with E-state index in [2.05, 4.69) is 16.8 Å². The maximum atomic E-state index is 15.7. The summed E-state index contributed by atoms with van der Waals surface area (Å²) in [5.41, 5.74) is 3.02. The number of halogens is 4. The van der Waals surface area contributed by atoms with E-state index >= 15 is 8.78 Å². The van der Waals surface area contributed by atoms with Gasteiger partial charge in [-0.05, 0) is 49.6 Å². The van der Waals surface area contributed by atoms with Gasteiger partial charge in [-0.3, -0.25) is 4.90 Å². The predicted molar refractivity (Wildman–Crippen MR) is 137 cm³/mol. The van der Waals surface area contributed by atoms with Crippen LogP contribution in [0.5, 0.6) is 0 Å². The van der Waals surface area contributed by atoms with Crippen LogP contribution in [0.25, 0.3) is 10.9 Å². The van der Waals surface area contributed by atoms with E-state index < -0.39 is 37.1 Å². The molecule has 3 atom stereocenters. The van der Waals surface area contributed by atoms with Crippen molar-refractivity contribution < 1.29 is 22.7 Å². The van der Waals surface area contributed by atoms with Gasteiger partial charge in [-0.1, -0.05) is 43.7 Å². The molecule has 0 saturated carbocycles. The molecule has 2 aliphatic heterocycles. The summed E-state index contributed by atoms with van der Waals surface area (Å²) >= 11 is 0. The molecule has 37 heavy (non-hydrogen) atoms. The zero-order valence-electron chi connectivity index (χ0n) is 21.4. The molecule has 0 unspecified atom stereocenters. The van der Waals surface area contributed by atoms with Crippen molar-refractivity contribution in [2.45, 2.75) is 57.3 Å². The molecule has 3 heterocycles. The van der Waals surface area contributed by atoms with Crippen LogP contribution in [0.4, 0.5) is 17.6 Å².